The van der Waals surface area contributed by atoms with E-state index in [9.17, 15) is 4.79 Å². The number of nitrogens with zero attached hydrogens (tertiary/aromatic N) is 1. The summed E-state index contributed by atoms with van der Waals surface area (Å²) < 4.78 is 0. The first-order valence-corrected chi connectivity index (χ1v) is 9.78. The van der Waals surface area contributed by atoms with Gasteiger partial charge in [0.15, 0.2) is 0 Å². The molecular weight excluding hydrogens is 344 g/mol. The molecule has 3 rings (SSSR count). The highest BCUT2D eigenvalue weighted by Gasteiger charge is 2.17. The van der Waals surface area contributed by atoms with Gasteiger partial charge in [0, 0.05) is 23.8 Å². The summed E-state index contributed by atoms with van der Waals surface area (Å²) in [5.74, 6) is 0.742. The molecule has 2 atom stereocenters. The first-order chi connectivity index (χ1) is 12.5. The van der Waals surface area contributed by atoms with E-state index in [-0.39, 0.29) is 11.9 Å². The van der Waals surface area contributed by atoms with Crippen molar-refractivity contribution in [3.8, 4) is 0 Å². The van der Waals surface area contributed by atoms with E-state index in [4.69, 9.17) is 11.6 Å². The summed E-state index contributed by atoms with van der Waals surface area (Å²) in [7, 11) is 0. The molecule has 4 heteroatoms. The molecule has 1 saturated heterocycles. The Labute approximate surface area is 161 Å². The first kappa shape index (κ1) is 18.8. The van der Waals surface area contributed by atoms with E-state index in [0.29, 0.717) is 11.4 Å². The van der Waals surface area contributed by atoms with Gasteiger partial charge in [-0.15, -0.1) is 0 Å². The van der Waals surface area contributed by atoms with Crippen LogP contribution in [-0.2, 0) is 11.2 Å². The van der Waals surface area contributed by atoms with Crippen LogP contribution < -0.4 is 10.2 Å². The van der Waals surface area contributed by atoms with Gasteiger partial charge in [0.1, 0.15) is 0 Å². The summed E-state index contributed by atoms with van der Waals surface area (Å²) in [6.07, 6.45) is 2.88. The third-order valence-corrected chi connectivity index (χ3v) is 5.47. The molecule has 0 bridgehead atoms. The van der Waals surface area contributed by atoms with Gasteiger partial charge in [-0.25, -0.2) is 0 Å². The van der Waals surface area contributed by atoms with Gasteiger partial charge in [0.25, 0.3) is 0 Å². The number of amides is 1. The number of halogens is 1. The molecule has 0 saturated carbocycles. The Kier molecular flexibility index (Phi) is 6.20. The quantitative estimate of drug-likeness (QED) is 0.803. The van der Waals surface area contributed by atoms with E-state index in [1.807, 2.05) is 31.2 Å². The normalized spacial score (nSPS) is 18.4. The summed E-state index contributed by atoms with van der Waals surface area (Å²) in [6, 6.07) is 16.0. The highest BCUT2D eigenvalue weighted by Crippen LogP contribution is 2.24. The van der Waals surface area contributed by atoms with Crippen LogP contribution in [0.2, 0.25) is 5.02 Å². The lowest BCUT2D eigenvalue weighted by Gasteiger charge is -2.33. The molecule has 0 aromatic heterocycles. The number of benzene rings is 2. The maximum Gasteiger partial charge on any atom is 0.224 e. The number of rotatable bonds is 5. The zero-order valence-corrected chi connectivity index (χ0v) is 16.3. The van der Waals surface area contributed by atoms with E-state index in [1.54, 1.807) is 0 Å². The van der Waals surface area contributed by atoms with Gasteiger partial charge in [0.2, 0.25) is 5.91 Å². The van der Waals surface area contributed by atoms with E-state index in [0.717, 1.165) is 30.1 Å². The summed E-state index contributed by atoms with van der Waals surface area (Å²) in [5, 5.41) is 3.70. The number of anilines is 1. The topological polar surface area (TPSA) is 32.3 Å². The van der Waals surface area contributed by atoms with Crippen molar-refractivity contribution >= 4 is 23.2 Å². The van der Waals surface area contributed by atoms with Crippen LogP contribution in [-0.4, -0.2) is 19.0 Å². The molecule has 0 spiro atoms. The Bertz CT molecular complexity index is 744. The van der Waals surface area contributed by atoms with Crippen molar-refractivity contribution in [1.82, 2.24) is 5.32 Å². The van der Waals surface area contributed by atoms with Crippen LogP contribution in [0, 0.1) is 5.92 Å². The minimum Gasteiger partial charge on any atom is -0.371 e. The van der Waals surface area contributed by atoms with Gasteiger partial charge in [-0.05, 0) is 55.0 Å². The lowest BCUT2D eigenvalue weighted by Crippen LogP contribution is -2.34. The zero-order chi connectivity index (χ0) is 18.5. The fourth-order valence-corrected chi connectivity index (χ4v) is 3.79. The van der Waals surface area contributed by atoms with E-state index in [2.05, 4.69) is 41.4 Å². The second-order valence-electron chi connectivity index (χ2n) is 7.34. The highest BCUT2D eigenvalue weighted by molar-refractivity contribution is 6.31. The maximum atomic E-state index is 12.3. The fraction of sp³-hybridized carbons (Fsp3) is 0.409. The molecule has 1 aliphatic rings. The summed E-state index contributed by atoms with van der Waals surface area (Å²) >= 11 is 6.14. The number of carbonyl (C=O) groups is 1. The number of piperidine rings is 1. The Balaban J connectivity index is 1.58. The molecular formula is C22H27ClN2O. The van der Waals surface area contributed by atoms with Gasteiger partial charge in [-0.2, -0.15) is 0 Å². The molecule has 26 heavy (non-hydrogen) atoms. The van der Waals surface area contributed by atoms with E-state index < -0.39 is 0 Å². The molecule has 3 nitrogen and oxygen atoms in total. The van der Waals surface area contributed by atoms with Gasteiger partial charge in [0.05, 0.1) is 12.5 Å². The summed E-state index contributed by atoms with van der Waals surface area (Å²) in [4.78, 5) is 14.8. The fourth-order valence-electron chi connectivity index (χ4n) is 3.59. The molecule has 1 amide bonds. The second kappa shape index (κ2) is 8.59. The van der Waals surface area contributed by atoms with Crippen LogP contribution in [0.3, 0.4) is 0 Å². The van der Waals surface area contributed by atoms with Crippen molar-refractivity contribution in [2.75, 3.05) is 18.0 Å². The highest BCUT2D eigenvalue weighted by atomic mass is 35.5. The third-order valence-electron chi connectivity index (χ3n) is 5.10. The van der Waals surface area contributed by atoms with Crippen LogP contribution >= 0.6 is 11.6 Å². The summed E-state index contributed by atoms with van der Waals surface area (Å²) in [6.45, 7) is 6.59. The van der Waals surface area contributed by atoms with Gasteiger partial charge < -0.3 is 10.2 Å². The average Bonchev–Trinajstić information content (AvgIpc) is 2.64. The number of hydrogen-bond donors (Lipinski definition) is 1. The van der Waals surface area contributed by atoms with Crippen LogP contribution in [0.4, 0.5) is 5.69 Å². The second-order valence-corrected chi connectivity index (χ2v) is 7.75. The van der Waals surface area contributed by atoms with Crippen LogP contribution in [0.25, 0.3) is 0 Å². The maximum absolute atomic E-state index is 12.3. The Morgan fingerprint density at radius 1 is 1.23 bits per heavy atom. The summed E-state index contributed by atoms with van der Waals surface area (Å²) in [5.41, 5.74) is 3.25. The SMILES string of the molecule is C[C@@H]1CCCN(c2ccc([C@@H](C)NC(=O)Cc3ccccc3Cl)cc2)C1. The van der Waals surface area contributed by atoms with Crippen LogP contribution in [0.5, 0.6) is 0 Å². The monoisotopic (exact) mass is 370 g/mol. The number of carbonyl (C=O) groups excluding carboxylic acids is 1. The molecule has 2 aromatic carbocycles. The predicted molar refractivity (Wildman–Crippen MR) is 109 cm³/mol. The smallest absolute Gasteiger partial charge is 0.224 e. The third kappa shape index (κ3) is 4.79. The number of hydrogen-bond acceptors (Lipinski definition) is 2. The molecule has 1 N–H and O–H groups in total. The molecule has 2 aromatic rings. The van der Waals surface area contributed by atoms with Crippen molar-refractivity contribution < 1.29 is 4.79 Å². The van der Waals surface area contributed by atoms with Crippen molar-refractivity contribution in [2.24, 2.45) is 5.92 Å². The van der Waals surface area contributed by atoms with E-state index in [1.165, 1.54) is 18.5 Å². The van der Waals surface area contributed by atoms with Crippen molar-refractivity contribution in [1.29, 1.82) is 0 Å². The number of nitrogens with one attached hydrogen (secondary N) is 1. The van der Waals surface area contributed by atoms with Crippen LogP contribution in [0.15, 0.2) is 48.5 Å². The Hall–Kier alpha value is -2.00. The van der Waals surface area contributed by atoms with Gasteiger partial charge in [-0.3, -0.25) is 4.79 Å². The largest absolute Gasteiger partial charge is 0.371 e. The standard InChI is InChI=1S/C22H27ClN2O/c1-16-6-5-13-25(15-16)20-11-9-18(10-12-20)17(2)24-22(26)14-19-7-3-4-8-21(19)23/h3-4,7-12,16-17H,5-6,13-15H2,1-2H3,(H,24,26)/t16-,17-/m1/s1. The average molecular weight is 371 g/mol. The Morgan fingerprint density at radius 2 is 1.96 bits per heavy atom. The van der Waals surface area contributed by atoms with Crippen molar-refractivity contribution in [3.05, 3.63) is 64.7 Å². The van der Waals surface area contributed by atoms with Gasteiger partial charge in [-0.1, -0.05) is 48.9 Å². The molecule has 0 aliphatic carbocycles. The molecule has 138 valence electrons. The predicted octanol–water partition coefficient (Wildman–Crippen LogP) is 5.00. The Morgan fingerprint density at radius 3 is 2.65 bits per heavy atom. The minimum absolute atomic E-state index is 0.0143. The molecule has 1 heterocycles. The van der Waals surface area contributed by atoms with Gasteiger partial charge >= 0.3 is 0 Å². The molecule has 0 unspecified atom stereocenters. The molecule has 1 aliphatic heterocycles. The minimum atomic E-state index is -0.0284. The molecule has 1 fully saturated rings. The van der Waals surface area contributed by atoms with E-state index >= 15 is 0 Å². The van der Waals surface area contributed by atoms with Crippen LogP contribution in [0.1, 0.15) is 43.9 Å². The van der Waals surface area contributed by atoms with Crippen molar-refractivity contribution in [2.45, 2.75) is 39.2 Å². The molecule has 0 radical (unpaired) electrons. The zero-order valence-electron chi connectivity index (χ0n) is 15.5. The van der Waals surface area contributed by atoms with Crippen molar-refractivity contribution in [3.63, 3.8) is 0 Å². The lowest BCUT2D eigenvalue weighted by molar-refractivity contribution is -0.121. The lowest BCUT2D eigenvalue weighted by atomic mass is 9.99. The first-order valence-electron chi connectivity index (χ1n) is 9.40.